The number of thiophene rings is 1. The monoisotopic (exact) mass is 310 g/mol. The third-order valence-electron chi connectivity index (χ3n) is 2.55. The van der Waals surface area contributed by atoms with E-state index in [1.807, 2.05) is 6.26 Å². The molecule has 0 aromatic carbocycles. The van der Waals surface area contributed by atoms with Crippen molar-refractivity contribution in [3.05, 3.63) is 28.0 Å². The highest BCUT2D eigenvalue weighted by molar-refractivity contribution is 7.99. The van der Waals surface area contributed by atoms with Gasteiger partial charge in [0, 0.05) is 4.88 Å². The first-order valence-corrected chi connectivity index (χ1v) is 7.70. The van der Waals surface area contributed by atoms with Gasteiger partial charge >= 0.3 is 6.18 Å². The number of thioether (sulfide) groups is 1. The molecule has 2 nitrogen and oxygen atoms in total. The van der Waals surface area contributed by atoms with Crippen molar-refractivity contribution >= 4 is 29.2 Å². The Bertz CT molecular complexity index is 434. The smallest absolute Gasteiger partial charge is 0.348 e. The van der Waals surface area contributed by atoms with Gasteiger partial charge in [0.15, 0.2) is 6.29 Å². The Kier molecular flexibility index (Phi) is 4.94. The average molecular weight is 310 g/mol. The van der Waals surface area contributed by atoms with Crippen LogP contribution in [-0.2, 0) is 15.7 Å². The van der Waals surface area contributed by atoms with Crippen LogP contribution >= 0.6 is 23.1 Å². The van der Waals surface area contributed by atoms with Gasteiger partial charge in [-0.15, -0.1) is 11.3 Å². The molecular formula is C12H13F3O2S2. The molecule has 1 aromatic rings. The molecule has 2 heterocycles. The number of hydrogen-bond donors (Lipinski definition) is 0. The molecule has 1 aromatic heterocycles. The molecule has 19 heavy (non-hydrogen) atoms. The molecule has 0 bridgehead atoms. The summed E-state index contributed by atoms with van der Waals surface area (Å²) in [5.74, 6) is 0. The Morgan fingerprint density at radius 1 is 1.32 bits per heavy atom. The standard InChI is InChI=1S/C12H13F3O2S2/c1-18-9-6-16-11(17-7-9)5-3-8-2-4-10(19-8)12(13,14)15/h2-5,9,11H,6-7H2,1H3/b5-3+. The average Bonchev–Trinajstić information content (AvgIpc) is 2.86. The summed E-state index contributed by atoms with van der Waals surface area (Å²) in [7, 11) is 0. The predicted octanol–water partition coefficient (Wildman–Crippen LogP) is 3.88. The molecule has 2 rings (SSSR count). The summed E-state index contributed by atoms with van der Waals surface area (Å²) in [6.45, 7) is 1.18. The van der Waals surface area contributed by atoms with Crippen molar-refractivity contribution in [3.63, 3.8) is 0 Å². The van der Waals surface area contributed by atoms with E-state index in [-0.39, 0.29) is 0 Å². The fourth-order valence-electron chi connectivity index (χ4n) is 1.52. The zero-order valence-electron chi connectivity index (χ0n) is 10.1. The van der Waals surface area contributed by atoms with Crippen molar-refractivity contribution in [1.82, 2.24) is 0 Å². The molecule has 0 saturated carbocycles. The van der Waals surface area contributed by atoms with E-state index in [1.54, 1.807) is 23.9 Å². The van der Waals surface area contributed by atoms with Gasteiger partial charge in [0.2, 0.25) is 0 Å². The molecule has 1 aliphatic rings. The van der Waals surface area contributed by atoms with Crippen molar-refractivity contribution in [2.45, 2.75) is 17.7 Å². The topological polar surface area (TPSA) is 18.5 Å². The minimum Gasteiger partial charge on any atom is -0.348 e. The first-order valence-electron chi connectivity index (χ1n) is 5.60. The van der Waals surface area contributed by atoms with E-state index in [9.17, 15) is 13.2 Å². The van der Waals surface area contributed by atoms with Crippen LogP contribution in [0.15, 0.2) is 18.2 Å². The zero-order chi connectivity index (χ0) is 13.9. The van der Waals surface area contributed by atoms with Crippen LogP contribution in [0.2, 0.25) is 0 Å². The maximum Gasteiger partial charge on any atom is 0.425 e. The molecule has 0 radical (unpaired) electrons. The highest BCUT2D eigenvalue weighted by Crippen LogP contribution is 2.35. The van der Waals surface area contributed by atoms with Crippen LogP contribution in [0, 0.1) is 0 Å². The Morgan fingerprint density at radius 3 is 2.53 bits per heavy atom. The molecule has 0 N–H and O–H groups in total. The number of alkyl halides is 3. The van der Waals surface area contributed by atoms with Gasteiger partial charge in [0.25, 0.3) is 0 Å². The second-order valence-electron chi connectivity index (χ2n) is 3.95. The van der Waals surface area contributed by atoms with Gasteiger partial charge in [-0.05, 0) is 30.5 Å². The number of halogens is 3. The second kappa shape index (κ2) is 6.30. The highest BCUT2D eigenvalue weighted by Gasteiger charge is 2.32. The second-order valence-corrected chi connectivity index (χ2v) is 6.21. The fraction of sp³-hybridized carbons (Fsp3) is 0.500. The quantitative estimate of drug-likeness (QED) is 0.844. The van der Waals surface area contributed by atoms with Crippen LogP contribution in [0.3, 0.4) is 0 Å². The first kappa shape index (κ1) is 14.9. The van der Waals surface area contributed by atoms with Crippen molar-refractivity contribution in [2.75, 3.05) is 19.5 Å². The lowest BCUT2D eigenvalue weighted by Gasteiger charge is -2.26. The summed E-state index contributed by atoms with van der Waals surface area (Å²) in [6, 6.07) is 2.52. The van der Waals surface area contributed by atoms with E-state index in [1.165, 1.54) is 6.07 Å². The summed E-state index contributed by atoms with van der Waals surface area (Å²) in [6.07, 6.45) is 0.477. The van der Waals surface area contributed by atoms with E-state index < -0.39 is 17.3 Å². The lowest BCUT2D eigenvalue weighted by Crippen LogP contribution is -2.32. The van der Waals surface area contributed by atoms with Crippen LogP contribution < -0.4 is 0 Å². The Balaban J connectivity index is 1.91. The van der Waals surface area contributed by atoms with Crippen LogP contribution in [0.1, 0.15) is 9.75 Å². The van der Waals surface area contributed by atoms with Gasteiger partial charge in [0.1, 0.15) is 4.88 Å². The summed E-state index contributed by atoms with van der Waals surface area (Å²) in [5, 5.41) is 0.322. The third-order valence-corrected chi connectivity index (χ3v) is 4.58. The van der Waals surface area contributed by atoms with Gasteiger partial charge in [-0.25, -0.2) is 0 Å². The maximum atomic E-state index is 12.4. The van der Waals surface area contributed by atoms with E-state index in [0.29, 0.717) is 34.7 Å². The SMILES string of the molecule is CSC1COC(/C=C/c2ccc(C(F)(F)F)s2)OC1. The molecule has 1 saturated heterocycles. The minimum absolute atomic E-state index is 0.322. The van der Waals surface area contributed by atoms with Gasteiger partial charge in [0.05, 0.1) is 18.5 Å². The lowest BCUT2D eigenvalue weighted by atomic mass is 10.3. The molecule has 0 unspecified atom stereocenters. The van der Waals surface area contributed by atoms with E-state index in [4.69, 9.17) is 9.47 Å². The van der Waals surface area contributed by atoms with Crippen LogP contribution in [0.5, 0.6) is 0 Å². The molecule has 106 valence electrons. The summed E-state index contributed by atoms with van der Waals surface area (Å²) in [4.78, 5) is -0.0633. The Hall–Kier alpha value is -0.500. The fourth-order valence-corrected chi connectivity index (χ4v) is 2.73. The molecule has 0 aliphatic carbocycles. The van der Waals surface area contributed by atoms with Crippen molar-refractivity contribution in [1.29, 1.82) is 0 Å². The first-order chi connectivity index (χ1) is 8.99. The van der Waals surface area contributed by atoms with Gasteiger partial charge in [-0.3, -0.25) is 0 Å². The Labute approximate surface area is 117 Å². The van der Waals surface area contributed by atoms with Gasteiger partial charge in [-0.1, -0.05) is 0 Å². The zero-order valence-corrected chi connectivity index (χ0v) is 11.8. The lowest BCUT2D eigenvalue weighted by molar-refractivity contribution is -0.145. The Morgan fingerprint density at radius 2 is 2.00 bits per heavy atom. The normalized spacial score (nSPS) is 25.1. The van der Waals surface area contributed by atoms with Crippen LogP contribution in [0.4, 0.5) is 13.2 Å². The predicted molar refractivity (Wildman–Crippen MR) is 71.4 cm³/mol. The molecule has 1 aliphatic heterocycles. The maximum absolute atomic E-state index is 12.4. The largest absolute Gasteiger partial charge is 0.425 e. The van der Waals surface area contributed by atoms with E-state index in [2.05, 4.69) is 0 Å². The summed E-state index contributed by atoms with van der Waals surface area (Å²) >= 11 is 2.38. The highest BCUT2D eigenvalue weighted by atomic mass is 32.2. The number of rotatable bonds is 3. The van der Waals surface area contributed by atoms with E-state index in [0.717, 1.165) is 6.07 Å². The van der Waals surface area contributed by atoms with Crippen molar-refractivity contribution < 1.29 is 22.6 Å². The molecule has 0 atom stereocenters. The van der Waals surface area contributed by atoms with Crippen molar-refractivity contribution in [3.8, 4) is 0 Å². The number of hydrogen-bond acceptors (Lipinski definition) is 4. The van der Waals surface area contributed by atoms with Gasteiger partial charge in [-0.2, -0.15) is 24.9 Å². The van der Waals surface area contributed by atoms with Gasteiger partial charge < -0.3 is 9.47 Å². The summed E-state index contributed by atoms with van der Waals surface area (Å²) in [5.41, 5.74) is 0. The molecule has 1 fully saturated rings. The van der Waals surface area contributed by atoms with Crippen molar-refractivity contribution in [2.24, 2.45) is 0 Å². The van der Waals surface area contributed by atoms with Crippen LogP contribution in [-0.4, -0.2) is 31.0 Å². The van der Waals surface area contributed by atoms with Crippen LogP contribution in [0.25, 0.3) is 6.08 Å². The van der Waals surface area contributed by atoms with E-state index >= 15 is 0 Å². The molecule has 7 heteroatoms. The minimum atomic E-state index is -4.28. The summed E-state index contributed by atoms with van der Waals surface area (Å²) < 4.78 is 48.1. The molecular weight excluding hydrogens is 297 g/mol. The molecule has 0 spiro atoms. The third kappa shape index (κ3) is 4.24. The molecule has 0 amide bonds. The number of ether oxygens (including phenoxy) is 2.